The van der Waals surface area contributed by atoms with Crippen molar-refractivity contribution in [3.05, 3.63) is 23.9 Å². The van der Waals surface area contributed by atoms with E-state index in [1.165, 1.54) is 0 Å². The zero-order valence-electron chi connectivity index (χ0n) is 10.8. The van der Waals surface area contributed by atoms with Crippen molar-refractivity contribution >= 4 is 5.82 Å². The van der Waals surface area contributed by atoms with Crippen LogP contribution in [0.1, 0.15) is 38.9 Å². The molecule has 0 aliphatic carbocycles. The molecule has 1 rings (SSSR count). The third-order valence-corrected chi connectivity index (χ3v) is 2.73. The highest BCUT2D eigenvalue weighted by molar-refractivity contribution is 5.40. The highest BCUT2D eigenvalue weighted by atomic mass is 16.3. The summed E-state index contributed by atoms with van der Waals surface area (Å²) >= 11 is 0. The molecule has 17 heavy (non-hydrogen) atoms. The van der Waals surface area contributed by atoms with Crippen LogP contribution in [0.4, 0.5) is 5.82 Å². The minimum atomic E-state index is -0.485. The van der Waals surface area contributed by atoms with E-state index in [9.17, 15) is 5.11 Å². The van der Waals surface area contributed by atoms with Crippen LogP contribution in [0, 0.1) is 0 Å². The molecule has 0 radical (unpaired) electrons. The van der Waals surface area contributed by atoms with Crippen molar-refractivity contribution in [3.8, 4) is 0 Å². The first-order valence-corrected chi connectivity index (χ1v) is 6.07. The number of aliphatic hydroxyl groups is 2. The van der Waals surface area contributed by atoms with Crippen molar-refractivity contribution in [3.63, 3.8) is 0 Å². The van der Waals surface area contributed by atoms with Crippen molar-refractivity contribution in [1.29, 1.82) is 0 Å². The van der Waals surface area contributed by atoms with Gasteiger partial charge < -0.3 is 15.1 Å². The van der Waals surface area contributed by atoms with Gasteiger partial charge in [-0.2, -0.15) is 0 Å². The molecule has 2 N–H and O–H groups in total. The summed E-state index contributed by atoms with van der Waals surface area (Å²) in [6.45, 7) is 6.90. The first-order chi connectivity index (χ1) is 8.06. The maximum Gasteiger partial charge on any atom is 0.128 e. The lowest BCUT2D eigenvalue weighted by Crippen LogP contribution is -2.32. The standard InChI is InChI=1S/C13H22N2O2/c1-10(2)15(7-4-8-16)13-6-5-12(9-14-13)11(3)17/h5-6,9-11,16-17H,4,7-8H2,1-3H3/t11-/m0/s1. The van der Waals surface area contributed by atoms with E-state index in [1.807, 2.05) is 12.1 Å². The van der Waals surface area contributed by atoms with E-state index in [0.717, 1.165) is 24.3 Å². The molecular formula is C13H22N2O2. The predicted octanol–water partition coefficient (Wildman–Crippen LogP) is 1.73. The molecule has 0 fully saturated rings. The van der Waals surface area contributed by atoms with Gasteiger partial charge in [0.2, 0.25) is 0 Å². The smallest absolute Gasteiger partial charge is 0.128 e. The molecule has 0 saturated heterocycles. The summed E-state index contributed by atoms with van der Waals surface area (Å²) in [5.41, 5.74) is 0.819. The molecule has 0 bridgehead atoms. The van der Waals surface area contributed by atoms with E-state index >= 15 is 0 Å². The molecule has 0 unspecified atom stereocenters. The van der Waals surface area contributed by atoms with Gasteiger partial charge in [-0.15, -0.1) is 0 Å². The monoisotopic (exact) mass is 238 g/mol. The molecule has 0 saturated carbocycles. The average molecular weight is 238 g/mol. The minimum Gasteiger partial charge on any atom is -0.396 e. The van der Waals surface area contributed by atoms with Gasteiger partial charge in [0.1, 0.15) is 5.82 Å². The summed E-state index contributed by atoms with van der Waals surface area (Å²) in [5, 5.41) is 18.3. The SMILES string of the molecule is CC(C)N(CCCO)c1ccc([C@H](C)O)cn1. The van der Waals surface area contributed by atoms with Crippen LogP contribution in [0.3, 0.4) is 0 Å². The van der Waals surface area contributed by atoms with Gasteiger partial charge in [0.25, 0.3) is 0 Å². The first-order valence-electron chi connectivity index (χ1n) is 6.07. The van der Waals surface area contributed by atoms with Crippen LogP contribution in [0.15, 0.2) is 18.3 Å². The fourth-order valence-electron chi connectivity index (χ4n) is 1.69. The van der Waals surface area contributed by atoms with Crippen molar-refractivity contribution in [2.45, 2.75) is 39.3 Å². The third-order valence-electron chi connectivity index (χ3n) is 2.73. The number of pyridine rings is 1. The Labute approximate surface area is 103 Å². The van der Waals surface area contributed by atoms with Gasteiger partial charge in [-0.3, -0.25) is 0 Å². The molecule has 0 aliphatic rings. The van der Waals surface area contributed by atoms with Crippen LogP contribution in [0.2, 0.25) is 0 Å². The highest BCUT2D eigenvalue weighted by Crippen LogP contribution is 2.17. The zero-order valence-corrected chi connectivity index (χ0v) is 10.8. The molecule has 0 amide bonds. The maximum atomic E-state index is 9.42. The van der Waals surface area contributed by atoms with E-state index in [-0.39, 0.29) is 6.61 Å². The molecule has 1 aromatic heterocycles. The second-order valence-corrected chi connectivity index (χ2v) is 4.49. The third kappa shape index (κ3) is 3.98. The Kier molecular flexibility index (Phi) is 5.38. The Hall–Kier alpha value is -1.13. The van der Waals surface area contributed by atoms with Gasteiger partial charge in [0.15, 0.2) is 0 Å². The molecule has 1 atom stereocenters. The van der Waals surface area contributed by atoms with E-state index < -0.39 is 6.10 Å². The van der Waals surface area contributed by atoms with Gasteiger partial charge in [-0.1, -0.05) is 6.07 Å². The normalized spacial score (nSPS) is 12.8. The number of nitrogens with zero attached hydrogens (tertiary/aromatic N) is 2. The Bertz CT molecular complexity index is 323. The predicted molar refractivity (Wildman–Crippen MR) is 69.1 cm³/mol. The largest absolute Gasteiger partial charge is 0.396 e. The van der Waals surface area contributed by atoms with Crippen LogP contribution in [0.25, 0.3) is 0 Å². The van der Waals surface area contributed by atoms with Gasteiger partial charge in [-0.05, 0) is 38.8 Å². The molecule has 1 aromatic rings. The van der Waals surface area contributed by atoms with Crippen LogP contribution < -0.4 is 4.90 Å². The second kappa shape index (κ2) is 6.57. The first kappa shape index (κ1) is 13.9. The van der Waals surface area contributed by atoms with Crippen molar-refractivity contribution in [2.75, 3.05) is 18.1 Å². The van der Waals surface area contributed by atoms with Crippen LogP contribution in [0.5, 0.6) is 0 Å². The lowest BCUT2D eigenvalue weighted by atomic mass is 10.2. The zero-order chi connectivity index (χ0) is 12.8. The lowest BCUT2D eigenvalue weighted by Gasteiger charge is -2.27. The van der Waals surface area contributed by atoms with E-state index in [0.29, 0.717) is 6.04 Å². The average Bonchev–Trinajstić information content (AvgIpc) is 2.29. The van der Waals surface area contributed by atoms with E-state index in [2.05, 4.69) is 23.7 Å². The molecule has 4 nitrogen and oxygen atoms in total. The summed E-state index contributed by atoms with van der Waals surface area (Å²) < 4.78 is 0. The van der Waals surface area contributed by atoms with Gasteiger partial charge in [0, 0.05) is 25.4 Å². The van der Waals surface area contributed by atoms with E-state index in [1.54, 1.807) is 13.1 Å². The van der Waals surface area contributed by atoms with Crippen LogP contribution >= 0.6 is 0 Å². The molecular weight excluding hydrogens is 216 g/mol. The summed E-state index contributed by atoms with van der Waals surface area (Å²) in [7, 11) is 0. The van der Waals surface area contributed by atoms with Crippen LogP contribution in [-0.2, 0) is 0 Å². The Morgan fingerprint density at radius 2 is 2.00 bits per heavy atom. The van der Waals surface area contributed by atoms with Gasteiger partial charge >= 0.3 is 0 Å². The number of aromatic nitrogens is 1. The molecule has 96 valence electrons. The van der Waals surface area contributed by atoms with Gasteiger partial charge in [-0.25, -0.2) is 4.98 Å². The summed E-state index contributed by atoms with van der Waals surface area (Å²) in [6, 6.07) is 4.15. The fourth-order valence-corrected chi connectivity index (χ4v) is 1.69. The Morgan fingerprint density at radius 3 is 2.41 bits per heavy atom. The fraction of sp³-hybridized carbons (Fsp3) is 0.615. The Morgan fingerprint density at radius 1 is 1.29 bits per heavy atom. The van der Waals surface area contributed by atoms with Gasteiger partial charge in [0.05, 0.1) is 6.10 Å². The highest BCUT2D eigenvalue weighted by Gasteiger charge is 2.11. The summed E-state index contributed by atoms with van der Waals surface area (Å²) in [5.74, 6) is 0.887. The molecule has 0 aromatic carbocycles. The van der Waals surface area contributed by atoms with Crippen LogP contribution in [-0.4, -0.2) is 34.4 Å². The number of hydrogen-bond acceptors (Lipinski definition) is 4. The lowest BCUT2D eigenvalue weighted by molar-refractivity contribution is 0.199. The van der Waals surface area contributed by atoms with Crippen molar-refractivity contribution in [1.82, 2.24) is 4.98 Å². The number of hydrogen-bond donors (Lipinski definition) is 2. The number of anilines is 1. The summed E-state index contributed by atoms with van der Waals surface area (Å²) in [4.78, 5) is 6.50. The summed E-state index contributed by atoms with van der Waals surface area (Å²) in [6.07, 6.45) is 1.95. The van der Waals surface area contributed by atoms with Crippen molar-refractivity contribution in [2.24, 2.45) is 0 Å². The Balaban J connectivity index is 2.80. The molecule has 1 heterocycles. The molecule has 4 heteroatoms. The maximum absolute atomic E-state index is 9.42. The molecule has 0 aliphatic heterocycles. The number of rotatable bonds is 6. The second-order valence-electron chi connectivity index (χ2n) is 4.49. The topological polar surface area (TPSA) is 56.6 Å². The minimum absolute atomic E-state index is 0.189. The molecule has 0 spiro atoms. The van der Waals surface area contributed by atoms with E-state index in [4.69, 9.17) is 5.11 Å². The number of aliphatic hydroxyl groups excluding tert-OH is 2. The quantitative estimate of drug-likeness (QED) is 0.792. The van der Waals surface area contributed by atoms with Crippen molar-refractivity contribution < 1.29 is 10.2 Å².